The van der Waals surface area contributed by atoms with Gasteiger partial charge in [-0.15, -0.1) is 0 Å². The zero-order valence-electron chi connectivity index (χ0n) is 17.1. The number of allylic oxidation sites excluding steroid dienone is 1. The van der Waals surface area contributed by atoms with Gasteiger partial charge in [0.25, 0.3) is 0 Å². The second-order valence-corrected chi connectivity index (χ2v) is 10.8. The van der Waals surface area contributed by atoms with E-state index in [0.717, 1.165) is 43.4 Å². The summed E-state index contributed by atoms with van der Waals surface area (Å²) in [7, 11) is -4.67. The van der Waals surface area contributed by atoms with Gasteiger partial charge in [0.15, 0.2) is 0 Å². The second kappa shape index (κ2) is 7.49. The van der Waals surface area contributed by atoms with Gasteiger partial charge in [-0.05, 0) is 86.9 Å². The van der Waals surface area contributed by atoms with Crippen molar-refractivity contribution in [3.63, 3.8) is 0 Å². The van der Waals surface area contributed by atoms with Crippen LogP contribution in [0, 0.1) is 34.5 Å². The van der Waals surface area contributed by atoms with Gasteiger partial charge in [-0.3, -0.25) is 13.9 Å². The summed E-state index contributed by atoms with van der Waals surface area (Å²) in [6, 6.07) is 0. The predicted octanol–water partition coefficient (Wildman–Crippen LogP) is 3.86. The Hall–Kier alpha value is -0.760. The molecule has 7 atom stereocenters. The zero-order chi connectivity index (χ0) is 20.9. The molecule has 0 amide bonds. The second-order valence-electron chi connectivity index (χ2n) is 9.89. The minimum Gasteiger partial charge on any atom is -0.393 e. The van der Waals surface area contributed by atoms with Crippen LogP contribution in [0.5, 0.6) is 0 Å². The van der Waals surface area contributed by atoms with Crippen LogP contribution >= 0.6 is 0 Å². The highest BCUT2D eigenvalue weighted by Gasteiger charge is 2.59. The van der Waals surface area contributed by atoms with Crippen molar-refractivity contribution in [2.45, 2.75) is 78.2 Å². The number of carbonyl (C=O) groups is 1. The first kappa shape index (κ1) is 21.9. The van der Waals surface area contributed by atoms with Crippen molar-refractivity contribution < 1.29 is 27.4 Å². The van der Waals surface area contributed by atoms with Crippen LogP contribution in [0.4, 0.5) is 0 Å². The lowest BCUT2D eigenvalue weighted by molar-refractivity contribution is -0.127. The van der Waals surface area contributed by atoms with Crippen LogP contribution in [-0.4, -0.2) is 34.5 Å². The number of aliphatic hydroxyl groups is 1. The molecule has 0 heterocycles. The van der Waals surface area contributed by atoms with Gasteiger partial charge >= 0.3 is 10.4 Å². The topological polar surface area (TPSA) is 112 Å². The Labute approximate surface area is 168 Å². The van der Waals surface area contributed by atoms with Gasteiger partial charge in [0.05, 0.1) is 6.10 Å². The summed E-state index contributed by atoms with van der Waals surface area (Å²) in [5, 5.41) is 10.1. The van der Waals surface area contributed by atoms with E-state index in [4.69, 9.17) is 17.5 Å². The van der Waals surface area contributed by atoms with E-state index in [9.17, 15) is 9.90 Å². The largest absolute Gasteiger partial charge is 0.394 e. The van der Waals surface area contributed by atoms with E-state index in [2.05, 4.69) is 19.9 Å². The van der Waals surface area contributed by atoms with Crippen molar-refractivity contribution in [2.24, 2.45) is 34.5 Å². The maximum Gasteiger partial charge on any atom is 0.394 e. The Balaban J connectivity index is 0.000000403. The molecule has 7 heteroatoms. The monoisotopic (exact) mass is 414 g/mol. The number of fused-ring (bicyclic) bond motifs is 5. The van der Waals surface area contributed by atoms with Crippen molar-refractivity contribution in [1.82, 2.24) is 0 Å². The fourth-order valence-electron chi connectivity index (χ4n) is 7.31. The van der Waals surface area contributed by atoms with E-state index in [-0.39, 0.29) is 11.5 Å². The molecule has 0 aromatic rings. The van der Waals surface area contributed by atoms with Gasteiger partial charge in [-0.2, -0.15) is 8.42 Å². The molecular formula is C21H34O6S. The van der Waals surface area contributed by atoms with Crippen molar-refractivity contribution >= 4 is 16.2 Å². The number of ketones is 1. The summed E-state index contributed by atoms with van der Waals surface area (Å²) in [6.07, 6.45) is 11.5. The molecule has 3 saturated carbocycles. The number of Topliss-reactive ketones (excluding diaryl/α,β-unsaturated/α-hetero) is 1. The number of hydrogen-bond acceptors (Lipinski definition) is 4. The molecule has 4 aliphatic rings. The molecule has 0 bridgehead atoms. The van der Waals surface area contributed by atoms with Crippen LogP contribution in [0.2, 0.25) is 0 Å². The standard InChI is InChI=1S/C21H32O2.H2O4S/c1-13(22)17-6-7-18-16-5-4-14-12-15(23)8-10-20(14,2)19(16)9-11-21(17,18)3;1-5(2,3)4/h4,15-19,23H,5-12H2,1-3H3;(H2,1,2,3,4)/t15-,16-,17+,18-,19-,20-,21+;/m0./s1. The predicted molar refractivity (Wildman–Crippen MR) is 106 cm³/mol. The molecule has 0 aromatic heterocycles. The Kier molecular flexibility index (Phi) is 5.87. The fraction of sp³-hybridized carbons (Fsp3) is 0.857. The lowest BCUT2D eigenvalue weighted by Gasteiger charge is -2.57. The third-order valence-corrected chi connectivity index (χ3v) is 8.57. The van der Waals surface area contributed by atoms with Gasteiger partial charge in [-0.1, -0.05) is 25.5 Å². The van der Waals surface area contributed by atoms with Crippen LogP contribution in [0.3, 0.4) is 0 Å². The molecular weight excluding hydrogens is 380 g/mol. The number of hydrogen-bond donors (Lipinski definition) is 3. The average molecular weight is 415 g/mol. The smallest absolute Gasteiger partial charge is 0.393 e. The lowest BCUT2D eigenvalue weighted by Crippen LogP contribution is -2.50. The quantitative estimate of drug-likeness (QED) is 0.444. The molecule has 160 valence electrons. The Morgan fingerprint density at radius 2 is 1.71 bits per heavy atom. The van der Waals surface area contributed by atoms with Crippen LogP contribution in [0.25, 0.3) is 0 Å². The van der Waals surface area contributed by atoms with Gasteiger partial charge in [-0.25, -0.2) is 0 Å². The fourth-order valence-corrected chi connectivity index (χ4v) is 7.31. The Bertz CT molecular complexity index is 751. The summed E-state index contributed by atoms with van der Waals surface area (Å²) in [5.74, 6) is 3.00. The molecule has 3 N–H and O–H groups in total. The number of rotatable bonds is 1. The number of carbonyl (C=O) groups excluding carboxylic acids is 1. The van der Waals surface area contributed by atoms with Crippen LogP contribution < -0.4 is 0 Å². The summed E-state index contributed by atoms with van der Waals surface area (Å²) in [4.78, 5) is 12.2. The van der Waals surface area contributed by atoms with Crippen molar-refractivity contribution in [3.8, 4) is 0 Å². The van der Waals surface area contributed by atoms with Gasteiger partial charge in [0.2, 0.25) is 0 Å². The number of aliphatic hydroxyl groups excluding tert-OH is 1. The summed E-state index contributed by atoms with van der Waals surface area (Å²) < 4.78 is 31.6. The molecule has 6 nitrogen and oxygen atoms in total. The molecule has 0 saturated heterocycles. The summed E-state index contributed by atoms with van der Waals surface area (Å²) in [6.45, 7) is 6.70. The van der Waals surface area contributed by atoms with Gasteiger partial charge in [0, 0.05) is 5.92 Å². The lowest BCUT2D eigenvalue weighted by atomic mass is 9.47. The molecule has 4 aliphatic carbocycles. The Morgan fingerprint density at radius 3 is 2.32 bits per heavy atom. The third kappa shape index (κ3) is 3.95. The molecule has 0 aliphatic heterocycles. The highest BCUT2D eigenvalue weighted by atomic mass is 32.3. The van der Waals surface area contributed by atoms with Gasteiger partial charge in [0.1, 0.15) is 5.78 Å². The minimum atomic E-state index is -4.67. The highest BCUT2D eigenvalue weighted by molar-refractivity contribution is 7.79. The SMILES string of the molecule is CC(=O)[C@H]1CC[C@H]2[C@@H]3CC=C4C[C@@H](O)CC[C@]4(C)[C@H]3CC[C@]12C.O=S(=O)(O)O. The molecule has 0 aromatic carbocycles. The van der Waals surface area contributed by atoms with E-state index in [1.165, 1.54) is 25.7 Å². The van der Waals surface area contributed by atoms with E-state index in [1.807, 2.05) is 6.92 Å². The van der Waals surface area contributed by atoms with Crippen molar-refractivity contribution in [1.29, 1.82) is 0 Å². The maximum atomic E-state index is 12.2. The average Bonchev–Trinajstić information content (AvgIpc) is 2.91. The Morgan fingerprint density at radius 1 is 1.07 bits per heavy atom. The first-order valence-electron chi connectivity index (χ1n) is 10.4. The van der Waals surface area contributed by atoms with Gasteiger partial charge < -0.3 is 5.11 Å². The van der Waals surface area contributed by atoms with E-state index in [0.29, 0.717) is 17.1 Å². The first-order chi connectivity index (χ1) is 12.9. The highest BCUT2D eigenvalue weighted by Crippen LogP contribution is 2.66. The molecule has 28 heavy (non-hydrogen) atoms. The van der Waals surface area contributed by atoms with Crippen LogP contribution in [0.15, 0.2) is 11.6 Å². The first-order valence-corrected chi connectivity index (χ1v) is 11.8. The van der Waals surface area contributed by atoms with Crippen molar-refractivity contribution in [2.75, 3.05) is 0 Å². The minimum absolute atomic E-state index is 0.117. The summed E-state index contributed by atoms with van der Waals surface area (Å²) in [5.41, 5.74) is 2.11. The molecule has 0 radical (unpaired) electrons. The zero-order valence-corrected chi connectivity index (χ0v) is 17.9. The van der Waals surface area contributed by atoms with Crippen molar-refractivity contribution in [3.05, 3.63) is 11.6 Å². The molecule has 0 unspecified atom stereocenters. The molecule has 0 spiro atoms. The molecule has 4 rings (SSSR count). The van der Waals surface area contributed by atoms with E-state index in [1.54, 1.807) is 5.57 Å². The van der Waals surface area contributed by atoms with E-state index < -0.39 is 10.4 Å². The van der Waals surface area contributed by atoms with E-state index >= 15 is 0 Å². The molecule has 3 fully saturated rings. The van der Waals surface area contributed by atoms with Crippen LogP contribution in [0.1, 0.15) is 72.1 Å². The third-order valence-electron chi connectivity index (χ3n) is 8.57. The van der Waals surface area contributed by atoms with Crippen LogP contribution in [-0.2, 0) is 15.2 Å². The normalized spacial score (nSPS) is 44.9. The summed E-state index contributed by atoms with van der Waals surface area (Å²) >= 11 is 0. The maximum absolute atomic E-state index is 12.2.